The smallest absolute Gasteiger partial charge is 0.462 e. The first kappa shape index (κ1) is 98.1. The summed E-state index contributed by atoms with van der Waals surface area (Å²) >= 11 is 0. The molecule has 3 N–H and O–H groups in total. The molecule has 0 aromatic carbocycles. The van der Waals surface area contributed by atoms with E-state index in [0.717, 1.165) is 95.8 Å². The molecule has 100 heavy (non-hydrogen) atoms. The van der Waals surface area contributed by atoms with E-state index >= 15 is 0 Å². The van der Waals surface area contributed by atoms with Crippen molar-refractivity contribution in [1.82, 2.24) is 0 Å². The van der Waals surface area contributed by atoms with Crippen molar-refractivity contribution in [3.8, 4) is 0 Å². The highest BCUT2D eigenvalue weighted by atomic mass is 31.2. The van der Waals surface area contributed by atoms with Crippen molar-refractivity contribution in [2.75, 3.05) is 39.6 Å². The fourth-order valence-corrected chi connectivity index (χ4v) is 14.1. The standard InChI is InChI=1S/C81H158O17P2/c1-6-10-13-16-19-22-25-26-27-28-29-30-31-32-33-34-39-42-47-52-57-62-67-81(86)98-77(71-92-79(84)65-60-55-50-46-41-38-36-35-37-40-43-48-53-58-63-74(5)9-4)73-96-100(89,90)94-69-75(82)68-93-99(87,88)95-72-76(97-80(85)66-61-56-51-45-24-21-18-15-12-8-3)70-91-78(83)64-59-54-49-44-23-20-17-14-11-7-2/h74-77,82H,6-73H2,1-5H3,(H,87,88)(H,89,90)/t74?,75-,76+,77+/m0/s1. The molecule has 3 unspecified atom stereocenters. The summed E-state index contributed by atoms with van der Waals surface area (Å²) < 4.78 is 68.6. The summed E-state index contributed by atoms with van der Waals surface area (Å²) in [6.45, 7) is 7.36. The molecule has 0 amide bonds. The molecule has 19 heteroatoms. The van der Waals surface area contributed by atoms with Gasteiger partial charge in [-0.1, -0.05) is 381 Å². The lowest BCUT2D eigenvalue weighted by Crippen LogP contribution is -2.30. The van der Waals surface area contributed by atoms with E-state index in [1.165, 1.54) is 257 Å². The molecule has 0 bridgehead atoms. The topological polar surface area (TPSA) is 237 Å². The number of carbonyl (C=O) groups is 4. The fraction of sp³-hybridized carbons (Fsp3) is 0.951. The maximum atomic E-state index is 13.1. The number of carbonyl (C=O) groups excluding carboxylic acids is 4. The summed E-state index contributed by atoms with van der Waals surface area (Å²) in [6, 6.07) is 0. The van der Waals surface area contributed by atoms with Crippen LogP contribution in [0.3, 0.4) is 0 Å². The Balaban J connectivity index is 5.18. The average molecular weight is 1470 g/mol. The van der Waals surface area contributed by atoms with Crippen molar-refractivity contribution in [3.63, 3.8) is 0 Å². The Morgan fingerprint density at radius 2 is 0.480 bits per heavy atom. The normalized spacial score (nSPS) is 14.1. The Hall–Kier alpha value is -1.94. The van der Waals surface area contributed by atoms with Crippen LogP contribution >= 0.6 is 15.6 Å². The predicted octanol–water partition coefficient (Wildman–Crippen LogP) is 24.4. The second-order valence-electron chi connectivity index (χ2n) is 29.4. The van der Waals surface area contributed by atoms with Crippen LogP contribution in [-0.2, 0) is 65.4 Å². The molecule has 0 spiro atoms. The van der Waals surface area contributed by atoms with Crippen molar-refractivity contribution < 1.29 is 80.2 Å². The summed E-state index contributed by atoms with van der Waals surface area (Å²) in [7, 11) is -9.91. The number of hydrogen-bond acceptors (Lipinski definition) is 15. The number of aliphatic hydroxyl groups is 1. The lowest BCUT2D eigenvalue weighted by atomic mass is 9.99. The third-order valence-corrected chi connectivity index (χ3v) is 21.3. The first-order chi connectivity index (χ1) is 48.6. The number of ether oxygens (including phenoxy) is 4. The molecule has 0 aliphatic rings. The van der Waals surface area contributed by atoms with Gasteiger partial charge in [0.25, 0.3) is 0 Å². The van der Waals surface area contributed by atoms with Gasteiger partial charge in [0.15, 0.2) is 12.2 Å². The molecule has 0 radical (unpaired) electrons. The van der Waals surface area contributed by atoms with Crippen LogP contribution in [-0.4, -0.2) is 96.7 Å². The van der Waals surface area contributed by atoms with Gasteiger partial charge in [0, 0.05) is 25.7 Å². The number of esters is 4. The average Bonchev–Trinajstić information content (AvgIpc) is 1.01. The number of unbranched alkanes of at least 4 members (excludes halogenated alkanes) is 52. The van der Waals surface area contributed by atoms with E-state index in [4.69, 9.17) is 37.0 Å². The molecule has 17 nitrogen and oxygen atoms in total. The van der Waals surface area contributed by atoms with Crippen molar-refractivity contribution in [2.45, 2.75) is 451 Å². The van der Waals surface area contributed by atoms with Crippen LogP contribution in [0.4, 0.5) is 0 Å². The van der Waals surface area contributed by atoms with Gasteiger partial charge in [-0.15, -0.1) is 0 Å². The number of hydrogen-bond donors (Lipinski definition) is 3. The molecule has 0 saturated heterocycles. The van der Waals surface area contributed by atoms with Crippen molar-refractivity contribution in [3.05, 3.63) is 0 Å². The first-order valence-corrected chi connectivity index (χ1v) is 45.2. The molecule has 594 valence electrons. The third-order valence-electron chi connectivity index (χ3n) is 19.4. The fourth-order valence-electron chi connectivity index (χ4n) is 12.6. The molecule has 0 aromatic heterocycles. The monoisotopic (exact) mass is 1470 g/mol. The molecular weight excluding hydrogens is 1310 g/mol. The van der Waals surface area contributed by atoms with Gasteiger partial charge in [0.2, 0.25) is 0 Å². The molecule has 0 heterocycles. The molecule has 0 aromatic rings. The summed E-state index contributed by atoms with van der Waals surface area (Å²) in [5.74, 6) is -1.26. The largest absolute Gasteiger partial charge is 0.472 e. The van der Waals surface area contributed by atoms with Crippen LogP contribution in [0.25, 0.3) is 0 Å². The SMILES string of the molecule is CCCCCCCCCCCCCCCCCCCCCCCCC(=O)O[C@H](COC(=O)CCCCCCCCCCCCCCCCC(C)CC)COP(=O)(O)OC[C@@H](O)COP(=O)(O)OC[C@@H](COC(=O)CCCCCCCCCCCC)OC(=O)CCCCCCCCCCCC. The second-order valence-corrected chi connectivity index (χ2v) is 32.3. The van der Waals surface area contributed by atoms with Gasteiger partial charge in [0.1, 0.15) is 19.3 Å². The molecular formula is C81H158O17P2. The minimum atomic E-state index is -4.96. The number of phosphoric acid groups is 2. The summed E-state index contributed by atoms with van der Waals surface area (Å²) in [4.78, 5) is 72.9. The Labute approximate surface area is 613 Å². The first-order valence-electron chi connectivity index (χ1n) is 42.2. The van der Waals surface area contributed by atoms with Gasteiger partial charge in [-0.25, -0.2) is 9.13 Å². The van der Waals surface area contributed by atoms with Crippen molar-refractivity contribution in [2.24, 2.45) is 5.92 Å². The molecule has 0 fully saturated rings. The Morgan fingerprint density at radius 1 is 0.280 bits per heavy atom. The van der Waals surface area contributed by atoms with Gasteiger partial charge in [-0.3, -0.25) is 37.3 Å². The number of aliphatic hydroxyl groups excluding tert-OH is 1. The Bertz CT molecular complexity index is 1910. The highest BCUT2D eigenvalue weighted by Crippen LogP contribution is 2.45. The summed E-state index contributed by atoms with van der Waals surface area (Å²) in [5, 5.41) is 10.6. The van der Waals surface area contributed by atoms with Gasteiger partial charge < -0.3 is 33.8 Å². The lowest BCUT2D eigenvalue weighted by Gasteiger charge is -2.21. The van der Waals surface area contributed by atoms with Crippen molar-refractivity contribution >= 4 is 39.5 Å². The zero-order chi connectivity index (χ0) is 73.4. The van der Waals surface area contributed by atoms with Crippen LogP contribution in [0.15, 0.2) is 0 Å². The highest BCUT2D eigenvalue weighted by Gasteiger charge is 2.30. The number of rotatable bonds is 81. The number of phosphoric ester groups is 2. The van der Waals surface area contributed by atoms with E-state index in [1.807, 2.05) is 0 Å². The minimum Gasteiger partial charge on any atom is -0.462 e. The lowest BCUT2D eigenvalue weighted by molar-refractivity contribution is -0.161. The van der Waals surface area contributed by atoms with E-state index in [0.29, 0.717) is 25.7 Å². The predicted molar refractivity (Wildman–Crippen MR) is 409 cm³/mol. The molecule has 0 saturated carbocycles. The Morgan fingerprint density at radius 3 is 0.710 bits per heavy atom. The molecule has 0 aliphatic heterocycles. The van der Waals surface area contributed by atoms with E-state index in [9.17, 15) is 43.2 Å². The Kier molecular flexibility index (Phi) is 72.5. The van der Waals surface area contributed by atoms with Gasteiger partial charge >= 0.3 is 39.5 Å². The minimum absolute atomic E-state index is 0.107. The van der Waals surface area contributed by atoms with E-state index in [1.54, 1.807) is 0 Å². The van der Waals surface area contributed by atoms with Crippen molar-refractivity contribution in [1.29, 1.82) is 0 Å². The summed E-state index contributed by atoms with van der Waals surface area (Å²) in [5.41, 5.74) is 0. The van der Waals surface area contributed by atoms with Crippen LogP contribution in [0.2, 0.25) is 0 Å². The third kappa shape index (κ3) is 73.0. The van der Waals surface area contributed by atoms with Crippen LogP contribution < -0.4 is 0 Å². The maximum Gasteiger partial charge on any atom is 0.472 e. The van der Waals surface area contributed by atoms with Gasteiger partial charge in [-0.2, -0.15) is 0 Å². The second kappa shape index (κ2) is 73.9. The zero-order valence-corrected chi connectivity index (χ0v) is 67.1. The molecule has 6 atom stereocenters. The molecule has 0 rings (SSSR count). The quantitative estimate of drug-likeness (QED) is 0.0222. The van der Waals surface area contributed by atoms with Gasteiger partial charge in [0.05, 0.1) is 26.4 Å². The van der Waals surface area contributed by atoms with Crippen LogP contribution in [0.5, 0.6) is 0 Å². The van der Waals surface area contributed by atoms with Crippen LogP contribution in [0, 0.1) is 5.92 Å². The van der Waals surface area contributed by atoms with E-state index in [-0.39, 0.29) is 25.7 Å². The van der Waals surface area contributed by atoms with Crippen LogP contribution in [0.1, 0.15) is 433 Å². The van der Waals surface area contributed by atoms with E-state index in [2.05, 4.69) is 34.6 Å². The van der Waals surface area contributed by atoms with E-state index < -0.39 is 97.5 Å². The van der Waals surface area contributed by atoms with Gasteiger partial charge in [-0.05, 0) is 31.6 Å². The highest BCUT2D eigenvalue weighted by molar-refractivity contribution is 7.47. The zero-order valence-electron chi connectivity index (χ0n) is 65.3. The summed E-state index contributed by atoms with van der Waals surface area (Å²) in [6.07, 6.45) is 65.3. The maximum absolute atomic E-state index is 13.1. The molecule has 0 aliphatic carbocycles.